The SMILES string of the molecule is O=C(Cn1[nH]c(=O)c2ccccc2c1=O)Nc1cccc(C(F)(F)F)c1. The Hall–Kier alpha value is -3.36. The first-order chi connectivity index (χ1) is 12.3. The molecule has 1 heterocycles. The molecule has 1 amide bonds. The molecule has 1 aromatic heterocycles. The highest BCUT2D eigenvalue weighted by Gasteiger charge is 2.30. The van der Waals surface area contributed by atoms with Gasteiger partial charge in [0.25, 0.3) is 11.1 Å². The molecule has 0 bridgehead atoms. The van der Waals surface area contributed by atoms with Crippen molar-refractivity contribution in [3.8, 4) is 0 Å². The number of anilines is 1. The Kier molecular flexibility index (Phi) is 4.37. The fourth-order valence-electron chi connectivity index (χ4n) is 2.48. The van der Waals surface area contributed by atoms with Crippen molar-refractivity contribution in [2.45, 2.75) is 12.7 Å². The minimum absolute atomic E-state index is 0.0685. The van der Waals surface area contributed by atoms with Crippen LogP contribution in [0.4, 0.5) is 18.9 Å². The number of hydrogen-bond acceptors (Lipinski definition) is 3. The number of halogens is 3. The summed E-state index contributed by atoms with van der Waals surface area (Å²) in [5.74, 6) is -0.752. The van der Waals surface area contributed by atoms with Crippen LogP contribution in [0, 0.1) is 0 Å². The van der Waals surface area contributed by atoms with Gasteiger partial charge in [0.2, 0.25) is 5.91 Å². The van der Waals surface area contributed by atoms with Gasteiger partial charge in [-0.3, -0.25) is 19.5 Å². The van der Waals surface area contributed by atoms with Crippen LogP contribution >= 0.6 is 0 Å². The second-order valence-corrected chi connectivity index (χ2v) is 5.50. The zero-order valence-corrected chi connectivity index (χ0v) is 13.1. The predicted octanol–water partition coefficient (Wildman–Crippen LogP) is 2.35. The van der Waals surface area contributed by atoms with Crippen molar-refractivity contribution in [1.82, 2.24) is 9.78 Å². The molecule has 6 nitrogen and oxygen atoms in total. The summed E-state index contributed by atoms with van der Waals surface area (Å²) in [6.07, 6.45) is -4.54. The molecular formula is C17H12F3N3O3. The average molecular weight is 363 g/mol. The normalized spacial score (nSPS) is 11.5. The van der Waals surface area contributed by atoms with Crippen molar-refractivity contribution in [3.05, 3.63) is 74.8 Å². The highest BCUT2D eigenvalue weighted by Crippen LogP contribution is 2.30. The molecule has 0 aliphatic rings. The molecule has 2 N–H and O–H groups in total. The van der Waals surface area contributed by atoms with Crippen LogP contribution in [0.15, 0.2) is 58.1 Å². The first-order valence-corrected chi connectivity index (χ1v) is 7.45. The van der Waals surface area contributed by atoms with E-state index in [-0.39, 0.29) is 16.5 Å². The zero-order valence-electron chi connectivity index (χ0n) is 13.1. The van der Waals surface area contributed by atoms with Crippen LogP contribution in [0.1, 0.15) is 5.56 Å². The lowest BCUT2D eigenvalue weighted by Gasteiger charge is -2.11. The van der Waals surface area contributed by atoms with E-state index >= 15 is 0 Å². The number of alkyl halides is 3. The lowest BCUT2D eigenvalue weighted by molar-refractivity contribution is -0.137. The van der Waals surface area contributed by atoms with E-state index in [0.29, 0.717) is 0 Å². The van der Waals surface area contributed by atoms with Crippen molar-refractivity contribution >= 4 is 22.4 Å². The van der Waals surface area contributed by atoms with Gasteiger partial charge in [-0.2, -0.15) is 13.2 Å². The number of rotatable bonds is 3. The molecule has 2 aromatic carbocycles. The Bertz CT molecular complexity index is 1100. The van der Waals surface area contributed by atoms with Gasteiger partial charge in [0.1, 0.15) is 6.54 Å². The van der Waals surface area contributed by atoms with Crippen LogP contribution < -0.4 is 16.4 Å². The fraction of sp³-hybridized carbons (Fsp3) is 0.118. The van der Waals surface area contributed by atoms with E-state index < -0.39 is 35.3 Å². The quantitative estimate of drug-likeness (QED) is 0.749. The Morgan fingerprint density at radius 3 is 2.42 bits per heavy atom. The molecule has 9 heteroatoms. The molecule has 0 aliphatic carbocycles. The van der Waals surface area contributed by atoms with Crippen LogP contribution in [0.25, 0.3) is 10.8 Å². The zero-order chi connectivity index (χ0) is 18.9. The molecule has 134 valence electrons. The van der Waals surface area contributed by atoms with Crippen LogP contribution in [0.5, 0.6) is 0 Å². The van der Waals surface area contributed by atoms with E-state index in [0.717, 1.165) is 22.9 Å². The molecular weight excluding hydrogens is 351 g/mol. The minimum atomic E-state index is -4.54. The Balaban J connectivity index is 1.85. The molecule has 3 aromatic rings. The van der Waals surface area contributed by atoms with Gasteiger partial charge >= 0.3 is 6.18 Å². The highest BCUT2D eigenvalue weighted by molar-refractivity contribution is 5.90. The van der Waals surface area contributed by atoms with Gasteiger partial charge in [-0.25, -0.2) is 4.68 Å². The number of amides is 1. The van der Waals surface area contributed by atoms with E-state index in [1.165, 1.54) is 18.2 Å². The molecule has 0 spiro atoms. The largest absolute Gasteiger partial charge is 0.416 e. The topological polar surface area (TPSA) is 84.0 Å². The molecule has 0 unspecified atom stereocenters. The fourth-order valence-corrected chi connectivity index (χ4v) is 2.48. The van der Waals surface area contributed by atoms with Gasteiger partial charge in [0, 0.05) is 5.69 Å². The summed E-state index contributed by atoms with van der Waals surface area (Å²) in [6, 6.07) is 10.2. The smallest absolute Gasteiger partial charge is 0.324 e. The van der Waals surface area contributed by atoms with Gasteiger partial charge in [0.05, 0.1) is 16.3 Å². The van der Waals surface area contributed by atoms with Crippen molar-refractivity contribution in [2.24, 2.45) is 0 Å². The maximum Gasteiger partial charge on any atom is 0.416 e. The van der Waals surface area contributed by atoms with Gasteiger partial charge in [0.15, 0.2) is 0 Å². The highest BCUT2D eigenvalue weighted by atomic mass is 19.4. The molecule has 3 rings (SSSR count). The Labute approximate surface area is 143 Å². The summed E-state index contributed by atoms with van der Waals surface area (Å²) in [4.78, 5) is 36.4. The number of carbonyl (C=O) groups excluding carboxylic acids is 1. The van der Waals surface area contributed by atoms with E-state index in [1.54, 1.807) is 12.1 Å². The molecule has 0 atom stereocenters. The number of nitrogens with zero attached hydrogens (tertiary/aromatic N) is 1. The number of carbonyl (C=O) groups is 1. The monoisotopic (exact) mass is 363 g/mol. The van der Waals surface area contributed by atoms with E-state index in [2.05, 4.69) is 10.4 Å². The minimum Gasteiger partial charge on any atom is -0.324 e. The summed E-state index contributed by atoms with van der Waals surface area (Å²) < 4.78 is 38.9. The Morgan fingerprint density at radius 1 is 1.04 bits per heavy atom. The van der Waals surface area contributed by atoms with Crippen LogP contribution in [0.2, 0.25) is 0 Å². The first kappa shape index (κ1) is 17.5. The van der Waals surface area contributed by atoms with Crippen molar-refractivity contribution in [2.75, 3.05) is 5.32 Å². The van der Waals surface area contributed by atoms with Crippen LogP contribution in [0.3, 0.4) is 0 Å². The van der Waals surface area contributed by atoms with E-state index in [1.807, 2.05) is 0 Å². The Morgan fingerprint density at radius 2 is 1.73 bits per heavy atom. The van der Waals surface area contributed by atoms with Crippen molar-refractivity contribution < 1.29 is 18.0 Å². The second-order valence-electron chi connectivity index (χ2n) is 5.50. The molecule has 0 saturated carbocycles. The van der Waals surface area contributed by atoms with Gasteiger partial charge in [-0.1, -0.05) is 18.2 Å². The average Bonchev–Trinajstić information content (AvgIpc) is 2.59. The van der Waals surface area contributed by atoms with Crippen LogP contribution in [-0.4, -0.2) is 15.7 Å². The molecule has 0 saturated heterocycles. The number of hydrogen-bond donors (Lipinski definition) is 2. The number of benzene rings is 2. The van der Waals surface area contributed by atoms with Crippen molar-refractivity contribution in [1.29, 1.82) is 0 Å². The lowest BCUT2D eigenvalue weighted by atomic mass is 10.2. The number of aromatic amines is 1. The standard InChI is InChI=1S/C17H12F3N3O3/c18-17(19,20)10-4-3-5-11(8-10)21-14(24)9-23-16(26)13-7-2-1-6-12(13)15(25)22-23/h1-8H,9H2,(H,21,24)(H,22,25). The predicted molar refractivity (Wildman–Crippen MR) is 88.9 cm³/mol. The third-order valence-corrected chi connectivity index (χ3v) is 3.66. The number of aromatic nitrogens is 2. The molecule has 0 radical (unpaired) electrons. The maximum atomic E-state index is 12.7. The third kappa shape index (κ3) is 3.51. The van der Waals surface area contributed by atoms with Crippen molar-refractivity contribution in [3.63, 3.8) is 0 Å². The van der Waals surface area contributed by atoms with E-state index in [9.17, 15) is 27.6 Å². The summed E-state index contributed by atoms with van der Waals surface area (Å²) >= 11 is 0. The van der Waals surface area contributed by atoms with Gasteiger partial charge in [-0.05, 0) is 30.3 Å². The summed E-state index contributed by atoms with van der Waals surface area (Å²) in [5.41, 5.74) is -2.11. The summed E-state index contributed by atoms with van der Waals surface area (Å²) in [5, 5.41) is 4.88. The van der Waals surface area contributed by atoms with Gasteiger partial charge in [-0.15, -0.1) is 0 Å². The van der Waals surface area contributed by atoms with Gasteiger partial charge < -0.3 is 5.32 Å². The lowest BCUT2D eigenvalue weighted by Crippen LogP contribution is -2.34. The summed E-state index contributed by atoms with van der Waals surface area (Å²) in [7, 11) is 0. The number of nitrogens with one attached hydrogen (secondary N) is 2. The van der Waals surface area contributed by atoms with Crippen LogP contribution in [-0.2, 0) is 17.5 Å². The molecule has 26 heavy (non-hydrogen) atoms. The molecule has 0 aliphatic heterocycles. The first-order valence-electron chi connectivity index (χ1n) is 7.45. The number of H-pyrrole nitrogens is 1. The second kappa shape index (κ2) is 6.51. The summed E-state index contributed by atoms with van der Waals surface area (Å²) in [6.45, 7) is -0.546. The number of fused-ring (bicyclic) bond motifs is 1. The molecule has 0 fully saturated rings. The third-order valence-electron chi connectivity index (χ3n) is 3.66. The van der Waals surface area contributed by atoms with E-state index in [4.69, 9.17) is 0 Å². The maximum absolute atomic E-state index is 12.7.